The summed E-state index contributed by atoms with van der Waals surface area (Å²) in [5.74, 6) is -0.289. The lowest BCUT2D eigenvalue weighted by atomic mass is 10.2. The van der Waals surface area contributed by atoms with Gasteiger partial charge in [-0.2, -0.15) is 0 Å². The number of phenols is 1. The van der Waals surface area contributed by atoms with Crippen molar-refractivity contribution < 1.29 is 14.7 Å². The monoisotopic (exact) mass is 304 g/mol. The molecule has 0 aliphatic rings. The molecule has 0 aromatic heterocycles. The summed E-state index contributed by atoms with van der Waals surface area (Å²) >= 11 is 5.91. The number of rotatable bonds is 5. The molecule has 21 heavy (non-hydrogen) atoms. The highest BCUT2D eigenvalue weighted by atomic mass is 35.5. The Labute approximate surface area is 126 Å². The molecule has 0 atom stereocenters. The van der Waals surface area contributed by atoms with Gasteiger partial charge in [-0.3, -0.25) is 4.79 Å². The number of halogens is 1. The van der Waals surface area contributed by atoms with Crippen LogP contribution in [-0.4, -0.2) is 23.8 Å². The number of carbonyl (C=O) groups is 1. The van der Waals surface area contributed by atoms with Crippen LogP contribution in [0.25, 0.3) is 0 Å². The fourth-order valence-corrected chi connectivity index (χ4v) is 1.72. The molecule has 0 spiro atoms. The van der Waals surface area contributed by atoms with E-state index in [9.17, 15) is 9.90 Å². The van der Waals surface area contributed by atoms with Gasteiger partial charge in [0.05, 0.1) is 16.9 Å². The van der Waals surface area contributed by atoms with Gasteiger partial charge >= 0.3 is 0 Å². The molecule has 0 saturated carbocycles. The highest BCUT2D eigenvalue weighted by Gasteiger charge is 2.05. The molecule has 108 valence electrons. The standard InChI is InChI=1S/C15H13ClN2O3/c16-12-6-2-3-7-13(12)18-15(20)10-21-17-9-11-5-1-4-8-14(11)19/h1-9,19H,10H2,(H,18,20). The largest absolute Gasteiger partial charge is 0.507 e. The van der Waals surface area contributed by atoms with Crippen LogP contribution in [0.2, 0.25) is 5.02 Å². The van der Waals surface area contributed by atoms with E-state index in [1.165, 1.54) is 12.3 Å². The lowest BCUT2D eigenvalue weighted by Gasteiger charge is -2.05. The third kappa shape index (κ3) is 4.50. The van der Waals surface area contributed by atoms with Gasteiger partial charge in [0.25, 0.3) is 5.91 Å². The van der Waals surface area contributed by atoms with E-state index < -0.39 is 0 Å². The molecule has 0 aliphatic carbocycles. The first-order valence-electron chi connectivity index (χ1n) is 6.14. The molecule has 0 heterocycles. The normalized spacial score (nSPS) is 10.5. The van der Waals surface area contributed by atoms with Crippen LogP contribution in [0, 0.1) is 0 Å². The molecule has 2 rings (SSSR count). The summed E-state index contributed by atoms with van der Waals surface area (Å²) in [6.45, 7) is -0.255. The summed E-state index contributed by atoms with van der Waals surface area (Å²) in [7, 11) is 0. The van der Waals surface area contributed by atoms with Gasteiger partial charge in [-0.15, -0.1) is 0 Å². The molecule has 2 aromatic rings. The lowest BCUT2D eigenvalue weighted by molar-refractivity contribution is -0.120. The number of oxime groups is 1. The van der Waals surface area contributed by atoms with Gasteiger partial charge in [-0.05, 0) is 24.3 Å². The summed E-state index contributed by atoms with van der Waals surface area (Å²) in [5, 5.41) is 16.2. The second-order valence-electron chi connectivity index (χ2n) is 4.09. The van der Waals surface area contributed by atoms with Crippen molar-refractivity contribution in [2.75, 3.05) is 11.9 Å². The fraction of sp³-hybridized carbons (Fsp3) is 0.0667. The SMILES string of the molecule is O=C(CON=Cc1ccccc1O)Nc1ccccc1Cl. The van der Waals surface area contributed by atoms with Crippen LogP contribution >= 0.6 is 11.6 Å². The van der Waals surface area contributed by atoms with E-state index in [0.717, 1.165) is 0 Å². The topological polar surface area (TPSA) is 70.9 Å². The highest BCUT2D eigenvalue weighted by molar-refractivity contribution is 6.33. The van der Waals surface area contributed by atoms with E-state index in [-0.39, 0.29) is 18.3 Å². The fourth-order valence-electron chi connectivity index (χ4n) is 1.54. The number of phenolic OH excluding ortho intramolecular Hbond substituents is 1. The minimum Gasteiger partial charge on any atom is -0.507 e. The molecular formula is C15H13ClN2O3. The highest BCUT2D eigenvalue weighted by Crippen LogP contribution is 2.20. The maximum atomic E-state index is 11.6. The number of nitrogens with one attached hydrogen (secondary N) is 1. The Morgan fingerprint density at radius 2 is 1.95 bits per heavy atom. The number of benzene rings is 2. The third-order valence-electron chi connectivity index (χ3n) is 2.55. The van der Waals surface area contributed by atoms with Crippen molar-refractivity contribution in [3.8, 4) is 5.75 Å². The predicted octanol–water partition coefficient (Wildman–Crippen LogP) is 3.03. The van der Waals surface area contributed by atoms with E-state index in [2.05, 4.69) is 10.5 Å². The molecule has 0 fully saturated rings. The molecule has 0 bridgehead atoms. The van der Waals surface area contributed by atoms with E-state index >= 15 is 0 Å². The average Bonchev–Trinajstić information content (AvgIpc) is 2.48. The van der Waals surface area contributed by atoms with Gasteiger partial charge in [0.1, 0.15) is 5.75 Å². The van der Waals surface area contributed by atoms with Crippen molar-refractivity contribution in [3.05, 3.63) is 59.1 Å². The number of anilines is 1. The Hall–Kier alpha value is -2.53. The zero-order chi connectivity index (χ0) is 15.1. The number of amides is 1. The van der Waals surface area contributed by atoms with Crippen molar-refractivity contribution in [2.45, 2.75) is 0 Å². The molecule has 1 amide bonds. The third-order valence-corrected chi connectivity index (χ3v) is 2.88. The zero-order valence-corrected chi connectivity index (χ0v) is 11.7. The van der Waals surface area contributed by atoms with Gasteiger partial charge in [-0.25, -0.2) is 0 Å². The Morgan fingerprint density at radius 1 is 1.24 bits per heavy atom. The van der Waals surface area contributed by atoms with Crippen LogP contribution in [-0.2, 0) is 9.63 Å². The molecule has 2 N–H and O–H groups in total. The second kappa shape index (κ2) is 7.31. The van der Waals surface area contributed by atoms with E-state index in [1.807, 2.05) is 0 Å². The lowest BCUT2D eigenvalue weighted by Crippen LogP contribution is -2.17. The number of aromatic hydroxyl groups is 1. The molecular weight excluding hydrogens is 292 g/mol. The Morgan fingerprint density at radius 3 is 2.71 bits per heavy atom. The minimum absolute atomic E-state index is 0.0883. The van der Waals surface area contributed by atoms with Crippen LogP contribution in [0.3, 0.4) is 0 Å². The maximum absolute atomic E-state index is 11.6. The van der Waals surface area contributed by atoms with Crippen LogP contribution in [0.5, 0.6) is 5.75 Å². The summed E-state index contributed by atoms with van der Waals surface area (Å²) in [4.78, 5) is 16.5. The van der Waals surface area contributed by atoms with Crippen LogP contribution in [0.1, 0.15) is 5.56 Å². The van der Waals surface area contributed by atoms with Crippen molar-refractivity contribution in [1.82, 2.24) is 0 Å². The smallest absolute Gasteiger partial charge is 0.265 e. The summed E-state index contributed by atoms with van der Waals surface area (Å²) < 4.78 is 0. The first-order chi connectivity index (χ1) is 10.2. The Balaban J connectivity index is 1.82. The van der Waals surface area contributed by atoms with Gasteiger partial charge in [0, 0.05) is 5.56 Å². The van der Waals surface area contributed by atoms with Crippen molar-refractivity contribution in [3.63, 3.8) is 0 Å². The maximum Gasteiger partial charge on any atom is 0.265 e. The second-order valence-corrected chi connectivity index (χ2v) is 4.50. The summed E-state index contributed by atoms with van der Waals surface area (Å²) in [6.07, 6.45) is 1.33. The average molecular weight is 305 g/mol. The Bertz CT molecular complexity index is 659. The minimum atomic E-state index is -0.377. The predicted molar refractivity (Wildman–Crippen MR) is 81.7 cm³/mol. The molecule has 0 radical (unpaired) electrons. The van der Waals surface area contributed by atoms with Crippen molar-refractivity contribution in [2.24, 2.45) is 5.16 Å². The van der Waals surface area contributed by atoms with Gasteiger partial charge in [-0.1, -0.05) is 41.0 Å². The van der Waals surface area contributed by atoms with Crippen LogP contribution in [0.4, 0.5) is 5.69 Å². The Kier molecular flexibility index (Phi) is 5.17. The van der Waals surface area contributed by atoms with Gasteiger partial charge in [0.15, 0.2) is 6.61 Å². The van der Waals surface area contributed by atoms with Crippen LogP contribution in [0.15, 0.2) is 53.7 Å². The summed E-state index contributed by atoms with van der Waals surface area (Å²) in [6, 6.07) is 13.6. The molecule has 0 unspecified atom stereocenters. The van der Waals surface area contributed by atoms with Crippen molar-refractivity contribution >= 4 is 29.4 Å². The van der Waals surface area contributed by atoms with Gasteiger partial charge < -0.3 is 15.3 Å². The molecule has 0 aliphatic heterocycles. The van der Waals surface area contributed by atoms with Crippen LogP contribution < -0.4 is 5.32 Å². The quantitative estimate of drug-likeness (QED) is 0.659. The summed E-state index contributed by atoms with van der Waals surface area (Å²) in [5.41, 5.74) is 1.02. The molecule has 5 nitrogen and oxygen atoms in total. The van der Waals surface area contributed by atoms with Crippen molar-refractivity contribution in [1.29, 1.82) is 0 Å². The number of nitrogens with zero attached hydrogens (tertiary/aromatic N) is 1. The number of carbonyl (C=O) groups excluding carboxylic acids is 1. The first-order valence-corrected chi connectivity index (χ1v) is 6.52. The molecule has 2 aromatic carbocycles. The first kappa shape index (κ1) is 14.9. The van der Waals surface area contributed by atoms with E-state index in [1.54, 1.807) is 42.5 Å². The molecule has 0 saturated heterocycles. The van der Waals surface area contributed by atoms with E-state index in [0.29, 0.717) is 16.3 Å². The van der Waals surface area contributed by atoms with Gasteiger partial charge in [0.2, 0.25) is 0 Å². The molecule has 6 heteroatoms. The van der Waals surface area contributed by atoms with E-state index in [4.69, 9.17) is 16.4 Å². The number of para-hydroxylation sites is 2. The number of hydrogen-bond donors (Lipinski definition) is 2. The number of hydrogen-bond acceptors (Lipinski definition) is 4. The zero-order valence-electron chi connectivity index (χ0n) is 11.0.